The molecule has 0 saturated carbocycles. The summed E-state index contributed by atoms with van der Waals surface area (Å²) in [4.78, 5) is 22.9. The predicted octanol–water partition coefficient (Wildman–Crippen LogP) is 4.86. The molecule has 1 aromatic heterocycles. The number of methoxy groups -OCH3 is 1. The van der Waals surface area contributed by atoms with Crippen LogP contribution in [0.1, 0.15) is 31.5 Å². The van der Waals surface area contributed by atoms with Crippen molar-refractivity contribution in [3.63, 3.8) is 0 Å². The predicted molar refractivity (Wildman–Crippen MR) is 120 cm³/mol. The number of fused-ring (bicyclic) bond motifs is 1. The molecule has 158 valence electrons. The SMILES string of the molecule is COc1ccc(NC(=O)CC[C@@H]2CCCN(Cc3nc4ccccc4[nH]3)C2)cc1Cl. The van der Waals surface area contributed by atoms with E-state index in [1.165, 1.54) is 0 Å². The highest BCUT2D eigenvalue weighted by Gasteiger charge is 2.21. The third-order valence-electron chi connectivity index (χ3n) is 5.63. The molecule has 4 rings (SSSR count). The number of nitrogens with one attached hydrogen (secondary N) is 2. The number of piperidine rings is 1. The lowest BCUT2D eigenvalue weighted by atomic mass is 9.93. The molecule has 0 aliphatic carbocycles. The minimum absolute atomic E-state index is 0.0191. The van der Waals surface area contributed by atoms with Gasteiger partial charge in [-0.05, 0) is 62.1 Å². The van der Waals surface area contributed by atoms with E-state index in [4.69, 9.17) is 21.3 Å². The Bertz CT molecular complexity index is 986. The van der Waals surface area contributed by atoms with Gasteiger partial charge in [0.15, 0.2) is 0 Å². The first-order valence-electron chi connectivity index (χ1n) is 10.4. The molecule has 2 aromatic carbocycles. The number of nitrogens with zero attached hydrogens (tertiary/aromatic N) is 2. The van der Waals surface area contributed by atoms with E-state index in [0.29, 0.717) is 28.8 Å². The fraction of sp³-hybridized carbons (Fsp3) is 0.391. The van der Waals surface area contributed by atoms with E-state index in [-0.39, 0.29) is 5.91 Å². The van der Waals surface area contributed by atoms with Gasteiger partial charge in [0.25, 0.3) is 0 Å². The fourth-order valence-corrected chi connectivity index (χ4v) is 4.38. The van der Waals surface area contributed by atoms with E-state index < -0.39 is 0 Å². The first kappa shape index (κ1) is 20.7. The Morgan fingerprint density at radius 1 is 1.33 bits per heavy atom. The van der Waals surface area contributed by atoms with Gasteiger partial charge in [-0.25, -0.2) is 4.98 Å². The Kier molecular flexibility index (Phi) is 6.55. The van der Waals surface area contributed by atoms with Gasteiger partial charge in [0.05, 0.1) is 29.7 Å². The fourth-order valence-electron chi connectivity index (χ4n) is 4.13. The van der Waals surface area contributed by atoms with Crippen LogP contribution in [0.2, 0.25) is 5.02 Å². The summed E-state index contributed by atoms with van der Waals surface area (Å²) in [5.41, 5.74) is 2.79. The van der Waals surface area contributed by atoms with Gasteiger partial charge in [-0.2, -0.15) is 0 Å². The summed E-state index contributed by atoms with van der Waals surface area (Å²) in [6.07, 6.45) is 3.71. The van der Waals surface area contributed by atoms with Crippen molar-refractivity contribution in [2.75, 3.05) is 25.5 Å². The zero-order chi connectivity index (χ0) is 20.9. The number of hydrogen-bond donors (Lipinski definition) is 2. The zero-order valence-electron chi connectivity index (χ0n) is 17.2. The van der Waals surface area contributed by atoms with Crippen LogP contribution in [0.5, 0.6) is 5.75 Å². The molecule has 1 saturated heterocycles. The maximum atomic E-state index is 12.4. The van der Waals surface area contributed by atoms with Crippen LogP contribution in [0.15, 0.2) is 42.5 Å². The summed E-state index contributed by atoms with van der Waals surface area (Å²) >= 11 is 6.13. The van der Waals surface area contributed by atoms with Crippen molar-refractivity contribution in [2.24, 2.45) is 5.92 Å². The Hall–Kier alpha value is -2.57. The number of benzene rings is 2. The highest BCUT2D eigenvalue weighted by Crippen LogP contribution is 2.28. The standard InChI is InChI=1S/C23H27ClN4O2/c1-30-21-10-9-17(13-18(21)24)25-23(29)11-8-16-5-4-12-28(14-16)15-22-26-19-6-2-3-7-20(19)27-22/h2-3,6-7,9-10,13,16H,4-5,8,11-12,14-15H2,1H3,(H,25,29)(H,26,27)/t16-/m0/s1. The van der Waals surface area contributed by atoms with Gasteiger partial charge in [-0.3, -0.25) is 9.69 Å². The summed E-state index contributed by atoms with van der Waals surface area (Å²) in [6, 6.07) is 13.4. The number of carbonyl (C=O) groups excluding carboxylic acids is 1. The van der Waals surface area contributed by atoms with E-state index in [0.717, 1.165) is 55.8 Å². The summed E-state index contributed by atoms with van der Waals surface area (Å²) in [5, 5.41) is 3.42. The second-order valence-electron chi connectivity index (χ2n) is 7.88. The second-order valence-corrected chi connectivity index (χ2v) is 8.29. The number of aromatic nitrogens is 2. The number of amides is 1. The molecule has 0 bridgehead atoms. The maximum Gasteiger partial charge on any atom is 0.224 e. The lowest BCUT2D eigenvalue weighted by Gasteiger charge is -2.32. The van der Waals surface area contributed by atoms with E-state index in [9.17, 15) is 4.79 Å². The van der Waals surface area contributed by atoms with Crippen LogP contribution in [0.3, 0.4) is 0 Å². The number of imidazole rings is 1. The summed E-state index contributed by atoms with van der Waals surface area (Å²) in [6.45, 7) is 2.89. The summed E-state index contributed by atoms with van der Waals surface area (Å²) < 4.78 is 5.15. The van der Waals surface area contributed by atoms with Crippen LogP contribution < -0.4 is 10.1 Å². The first-order chi connectivity index (χ1) is 14.6. The van der Waals surface area contributed by atoms with E-state index in [1.54, 1.807) is 25.3 Å². The Morgan fingerprint density at radius 2 is 2.20 bits per heavy atom. The normalized spacial score (nSPS) is 17.2. The summed E-state index contributed by atoms with van der Waals surface area (Å²) in [7, 11) is 1.57. The van der Waals surface area contributed by atoms with Gasteiger partial charge < -0.3 is 15.0 Å². The smallest absolute Gasteiger partial charge is 0.224 e. The molecular formula is C23H27ClN4O2. The topological polar surface area (TPSA) is 70.2 Å². The Balaban J connectivity index is 1.26. The molecule has 0 unspecified atom stereocenters. The molecule has 30 heavy (non-hydrogen) atoms. The number of aromatic amines is 1. The number of halogens is 1. The van der Waals surface area contributed by atoms with E-state index in [1.807, 2.05) is 18.2 Å². The maximum absolute atomic E-state index is 12.4. The van der Waals surface area contributed by atoms with Gasteiger partial charge in [-0.15, -0.1) is 0 Å². The monoisotopic (exact) mass is 426 g/mol. The molecule has 0 radical (unpaired) electrons. The van der Waals surface area contributed by atoms with Crippen molar-refractivity contribution in [2.45, 2.75) is 32.2 Å². The summed E-state index contributed by atoms with van der Waals surface area (Å²) in [5.74, 6) is 2.14. The molecule has 0 spiro atoms. The van der Waals surface area contributed by atoms with Gasteiger partial charge in [0, 0.05) is 18.7 Å². The molecule has 1 atom stereocenters. The number of hydrogen-bond acceptors (Lipinski definition) is 4. The van der Waals surface area contributed by atoms with E-state index >= 15 is 0 Å². The average molecular weight is 427 g/mol. The third-order valence-corrected chi connectivity index (χ3v) is 5.93. The largest absolute Gasteiger partial charge is 0.495 e. The molecule has 2 heterocycles. The van der Waals surface area contributed by atoms with Gasteiger partial charge in [-0.1, -0.05) is 23.7 Å². The minimum atomic E-state index is 0.0191. The Morgan fingerprint density at radius 3 is 3.00 bits per heavy atom. The number of anilines is 1. The molecular weight excluding hydrogens is 400 g/mol. The minimum Gasteiger partial charge on any atom is -0.495 e. The van der Waals surface area contributed by atoms with Gasteiger partial charge in [0.1, 0.15) is 11.6 Å². The number of likely N-dealkylation sites (tertiary alicyclic amines) is 1. The van der Waals surface area contributed by atoms with Crippen LogP contribution in [0, 0.1) is 5.92 Å². The first-order valence-corrected chi connectivity index (χ1v) is 10.8. The number of carbonyl (C=O) groups is 1. The van der Waals surface area contributed by atoms with Crippen molar-refractivity contribution < 1.29 is 9.53 Å². The Labute approximate surface area is 181 Å². The third kappa shape index (κ3) is 5.12. The molecule has 2 N–H and O–H groups in total. The molecule has 3 aromatic rings. The quantitative estimate of drug-likeness (QED) is 0.566. The number of rotatable bonds is 7. The van der Waals surface area contributed by atoms with Crippen LogP contribution in [-0.2, 0) is 11.3 Å². The number of H-pyrrole nitrogens is 1. The van der Waals surface area contributed by atoms with Crippen LogP contribution in [-0.4, -0.2) is 41.0 Å². The van der Waals surface area contributed by atoms with Crippen molar-refractivity contribution in [1.82, 2.24) is 14.9 Å². The van der Waals surface area contributed by atoms with Crippen LogP contribution in [0.4, 0.5) is 5.69 Å². The van der Waals surface area contributed by atoms with Crippen molar-refractivity contribution in [3.05, 3.63) is 53.3 Å². The molecule has 1 aliphatic rings. The number of para-hydroxylation sites is 2. The average Bonchev–Trinajstić information content (AvgIpc) is 3.15. The molecule has 1 amide bonds. The lowest BCUT2D eigenvalue weighted by molar-refractivity contribution is -0.116. The van der Waals surface area contributed by atoms with Gasteiger partial charge in [0.2, 0.25) is 5.91 Å². The van der Waals surface area contributed by atoms with Crippen molar-refractivity contribution in [3.8, 4) is 5.75 Å². The lowest BCUT2D eigenvalue weighted by Crippen LogP contribution is -2.35. The van der Waals surface area contributed by atoms with Gasteiger partial charge >= 0.3 is 0 Å². The van der Waals surface area contributed by atoms with Crippen LogP contribution in [0.25, 0.3) is 11.0 Å². The number of ether oxygens (including phenoxy) is 1. The highest BCUT2D eigenvalue weighted by molar-refractivity contribution is 6.32. The van der Waals surface area contributed by atoms with Crippen LogP contribution >= 0.6 is 11.6 Å². The second kappa shape index (κ2) is 9.49. The highest BCUT2D eigenvalue weighted by atomic mass is 35.5. The zero-order valence-corrected chi connectivity index (χ0v) is 17.9. The van der Waals surface area contributed by atoms with Crippen molar-refractivity contribution in [1.29, 1.82) is 0 Å². The molecule has 6 nitrogen and oxygen atoms in total. The molecule has 1 fully saturated rings. The molecule has 7 heteroatoms. The molecule has 1 aliphatic heterocycles. The van der Waals surface area contributed by atoms with Crippen molar-refractivity contribution >= 4 is 34.2 Å². The van der Waals surface area contributed by atoms with E-state index in [2.05, 4.69) is 21.3 Å².